The Morgan fingerprint density at radius 2 is 1.96 bits per heavy atom. The van der Waals surface area contributed by atoms with Gasteiger partial charge in [-0.1, -0.05) is 46.5 Å². The summed E-state index contributed by atoms with van der Waals surface area (Å²) in [4.78, 5) is 15.3. The molecule has 2 aromatic rings. The SMILES string of the molecule is C#CC=C(C(=O)OC)C(C)=C(C)C1CC1c1ccc(OCc2c(CC(C)(Cl)C=CC=C(C)Cl)noc2C2CC2)nc1C(F)(F)F. The normalized spacial score (nSPS) is 20.8. The van der Waals surface area contributed by atoms with E-state index in [1.165, 1.54) is 25.3 Å². The number of esters is 1. The number of aromatic nitrogens is 2. The molecule has 0 amide bonds. The maximum absolute atomic E-state index is 14.3. The predicted octanol–water partition coefficient (Wildman–Crippen LogP) is 8.96. The fourth-order valence-corrected chi connectivity index (χ4v) is 5.58. The molecule has 2 saturated carbocycles. The molecular formula is C34H35Cl2F3N2O4. The molecule has 45 heavy (non-hydrogen) atoms. The van der Waals surface area contributed by atoms with Gasteiger partial charge in [0.1, 0.15) is 12.4 Å². The number of allylic oxidation sites excluding steroid dienone is 6. The van der Waals surface area contributed by atoms with Gasteiger partial charge in [0.2, 0.25) is 5.88 Å². The smallest absolute Gasteiger partial charge is 0.433 e. The van der Waals surface area contributed by atoms with E-state index in [1.807, 2.05) is 6.92 Å². The number of hydrogen-bond donors (Lipinski definition) is 0. The largest absolute Gasteiger partial charge is 0.473 e. The molecule has 2 aromatic heterocycles. The van der Waals surface area contributed by atoms with Crippen LogP contribution < -0.4 is 4.74 Å². The molecule has 3 unspecified atom stereocenters. The molecule has 2 aliphatic rings. The first-order chi connectivity index (χ1) is 21.2. The summed E-state index contributed by atoms with van der Waals surface area (Å²) in [5, 5.41) is 4.84. The molecule has 2 aliphatic carbocycles. The van der Waals surface area contributed by atoms with Gasteiger partial charge in [-0.15, -0.1) is 18.0 Å². The summed E-state index contributed by atoms with van der Waals surface area (Å²) in [6.45, 7) is 7.00. The number of methoxy groups -OCH3 is 1. The highest BCUT2D eigenvalue weighted by molar-refractivity contribution is 6.29. The molecule has 11 heteroatoms. The summed E-state index contributed by atoms with van der Waals surface area (Å²) in [6, 6.07) is 2.86. The van der Waals surface area contributed by atoms with Crippen molar-refractivity contribution in [1.82, 2.24) is 10.1 Å². The van der Waals surface area contributed by atoms with Crippen LogP contribution in [0.4, 0.5) is 13.2 Å². The van der Waals surface area contributed by atoms with E-state index in [-0.39, 0.29) is 35.5 Å². The number of terminal acetylenes is 1. The molecular weight excluding hydrogens is 628 g/mol. The van der Waals surface area contributed by atoms with Gasteiger partial charge in [0.05, 0.1) is 28.8 Å². The Bertz CT molecular complexity index is 1600. The Kier molecular flexibility index (Phi) is 10.6. The highest BCUT2D eigenvalue weighted by atomic mass is 35.5. The van der Waals surface area contributed by atoms with Gasteiger partial charge in [-0.2, -0.15) is 13.2 Å². The van der Waals surface area contributed by atoms with Crippen molar-refractivity contribution in [2.45, 2.75) is 82.9 Å². The van der Waals surface area contributed by atoms with E-state index in [9.17, 15) is 18.0 Å². The minimum absolute atomic E-state index is 0.0720. The zero-order valence-corrected chi connectivity index (χ0v) is 27.2. The van der Waals surface area contributed by atoms with Gasteiger partial charge in [0.25, 0.3) is 0 Å². The van der Waals surface area contributed by atoms with Crippen molar-refractivity contribution < 1.29 is 32.0 Å². The number of alkyl halides is 4. The molecule has 3 atom stereocenters. The van der Waals surface area contributed by atoms with Crippen LogP contribution in [-0.2, 0) is 28.7 Å². The van der Waals surface area contributed by atoms with E-state index in [1.54, 1.807) is 39.0 Å². The van der Waals surface area contributed by atoms with Crippen molar-refractivity contribution in [2.24, 2.45) is 5.92 Å². The zero-order valence-electron chi connectivity index (χ0n) is 25.7. The molecule has 240 valence electrons. The quantitative estimate of drug-likeness (QED) is 0.0743. The number of ether oxygens (including phenoxy) is 2. The van der Waals surface area contributed by atoms with Crippen molar-refractivity contribution in [3.05, 3.63) is 86.5 Å². The Morgan fingerprint density at radius 3 is 2.56 bits per heavy atom. The van der Waals surface area contributed by atoms with Crippen molar-refractivity contribution in [3.8, 4) is 18.2 Å². The third-order valence-corrected chi connectivity index (χ3v) is 8.42. The van der Waals surface area contributed by atoms with Crippen LogP contribution in [0, 0.1) is 18.3 Å². The Labute approximate surface area is 271 Å². The Balaban J connectivity index is 1.56. The predicted molar refractivity (Wildman–Crippen MR) is 167 cm³/mol. The van der Waals surface area contributed by atoms with E-state index in [0.29, 0.717) is 40.5 Å². The Morgan fingerprint density at radius 1 is 1.24 bits per heavy atom. The van der Waals surface area contributed by atoms with E-state index >= 15 is 0 Å². The summed E-state index contributed by atoms with van der Waals surface area (Å²) in [7, 11) is 1.24. The molecule has 4 rings (SSSR count). The average Bonchev–Trinajstić information content (AvgIpc) is 3.91. The number of hydrogen-bond acceptors (Lipinski definition) is 6. The summed E-state index contributed by atoms with van der Waals surface area (Å²) >= 11 is 12.6. The van der Waals surface area contributed by atoms with Crippen LogP contribution >= 0.6 is 23.2 Å². The van der Waals surface area contributed by atoms with Gasteiger partial charge >= 0.3 is 12.1 Å². The summed E-state index contributed by atoms with van der Waals surface area (Å²) in [6.07, 6.45) is 9.87. The van der Waals surface area contributed by atoms with Crippen molar-refractivity contribution >= 4 is 29.2 Å². The molecule has 2 heterocycles. The number of carbonyl (C=O) groups excluding carboxylic acids is 1. The number of carbonyl (C=O) groups is 1. The minimum Gasteiger partial charge on any atom is -0.473 e. The highest BCUT2D eigenvalue weighted by Gasteiger charge is 2.47. The van der Waals surface area contributed by atoms with Crippen LogP contribution in [0.2, 0.25) is 0 Å². The first-order valence-electron chi connectivity index (χ1n) is 14.5. The van der Waals surface area contributed by atoms with E-state index < -0.39 is 28.6 Å². The second kappa shape index (κ2) is 13.9. The van der Waals surface area contributed by atoms with Gasteiger partial charge in [-0.05, 0) is 76.0 Å². The summed E-state index contributed by atoms with van der Waals surface area (Å²) in [5.74, 6) is 1.76. The van der Waals surface area contributed by atoms with Gasteiger partial charge in [-0.25, -0.2) is 9.78 Å². The number of nitrogens with zero attached hydrogens (tertiary/aromatic N) is 2. The zero-order chi connectivity index (χ0) is 33.1. The van der Waals surface area contributed by atoms with Gasteiger partial charge < -0.3 is 14.0 Å². The van der Waals surface area contributed by atoms with Crippen LogP contribution in [0.25, 0.3) is 0 Å². The molecule has 0 spiro atoms. The molecule has 0 N–H and O–H groups in total. The van der Waals surface area contributed by atoms with Crippen molar-refractivity contribution in [1.29, 1.82) is 0 Å². The van der Waals surface area contributed by atoms with Gasteiger partial charge in [-0.3, -0.25) is 0 Å². The first kappa shape index (κ1) is 34.4. The number of halogens is 5. The molecule has 6 nitrogen and oxygen atoms in total. The second-order valence-electron chi connectivity index (χ2n) is 11.7. The van der Waals surface area contributed by atoms with E-state index in [4.69, 9.17) is 43.6 Å². The Hall–Kier alpha value is -3.48. The van der Waals surface area contributed by atoms with Crippen LogP contribution in [-0.4, -0.2) is 28.1 Å². The lowest BCUT2D eigenvalue weighted by Crippen LogP contribution is -2.18. The van der Waals surface area contributed by atoms with Gasteiger partial charge in [0.15, 0.2) is 5.69 Å². The second-order valence-corrected chi connectivity index (χ2v) is 13.1. The lowest BCUT2D eigenvalue weighted by Gasteiger charge is -2.17. The molecule has 2 fully saturated rings. The van der Waals surface area contributed by atoms with Crippen molar-refractivity contribution in [3.63, 3.8) is 0 Å². The standard InChI is InChI=1S/C34H35Cl2F3N2O4/c1-7-9-23(32(42)43-6)20(3)21(4)25-16-26(25)24-13-14-29(40-31(24)34(37,38)39)44-18-27-28(41-45-30(27)22-11-12-22)17-33(5,36)15-8-10-19(2)35/h1,8-10,13-15,22,25-26H,11-12,16-18H2,2-6H3. The number of rotatable bonds is 12. The molecule has 0 aromatic carbocycles. The molecule has 0 saturated heterocycles. The van der Waals surface area contributed by atoms with Gasteiger partial charge in [0, 0.05) is 29.5 Å². The fourth-order valence-electron chi connectivity index (χ4n) is 5.31. The van der Waals surface area contributed by atoms with E-state index in [2.05, 4.69) is 16.1 Å². The summed E-state index contributed by atoms with van der Waals surface area (Å²) in [5.41, 5.74) is 1.86. The third kappa shape index (κ3) is 8.62. The number of pyridine rings is 1. The average molecular weight is 664 g/mol. The maximum atomic E-state index is 14.3. The van der Waals surface area contributed by atoms with Crippen molar-refractivity contribution in [2.75, 3.05) is 7.11 Å². The van der Waals surface area contributed by atoms with Crippen LogP contribution in [0.3, 0.4) is 0 Å². The maximum Gasteiger partial charge on any atom is 0.433 e. The highest BCUT2D eigenvalue weighted by Crippen LogP contribution is 2.55. The minimum atomic E-state index is -4.71. The fraction of sp³-hybridized carbons (Fsp3) is 0.441. The van der Waals surface area contributed by atoms with Crippen LogP contribution in [0.15, 0.2) is 62.7 Å². The lowest BCUT2D eigenvalue weighted by atomic mass is 9.96. The molecule has 0 bridgehead atoms. The topological polar surface area (TPSA) is 74.5 Å². The monoisotopic (exact) mass is 662 g/mol. The molecule has 0 radical (unpaired) electrons. The summed E-state index contributed by atoms with van der Waals surface area (Å²) < 4.78 is 59.2. The first-order valence-corrected chi connectivity index (χ1v) is 15.2. The third-order valence-electron chi connectivity index (χ3n) is 8.04. The molecule has 0 aliphatic heterocycles. The lowest BCUT2D eigenvalue weighted by molar-refractivity contribution is -0.142. The van der Waals surface area contributed by atoms with Crippen LogP contribution in [0.5, 0.6) is 5.88 Å². The van der Waals surface area contributed by atoms with Crippen LogP contribution in [0.1, 0.15) is 87.1 Å². The van der Waals surface area contributed by atoms with E-state index in [0.717, 1.165) is 18.4 Å².